The van der Waals surface area contributed by atoms with E-state index < -0.39 is 9.84 Å². The first kappa shape index (κ1) is 19.7. The van der Waals surface area contributed by atoms with Gasteiger partial charge in [0, 0.05) is 39.0 Å². The summed E-state index contributed by atoms with van der Waals surface area (Å²) in [6, 6.07) is 7.77. The summed E-state index contributed by atoms with van der Waals surface area (Å²) in [6.07, 6.45) is 3.08. The molecule has 0 fully saturated rings. The van der Waals surface area contributed by atoms with Gasteiger partial charge in [0.05, 0.1) is 12.4 Å². The summed E-state index contributed by atoms with van der Waals surface area (Å²) in [6.45, 7) is 8.75. The molecule has 1 aromatic rings. The fourth-order valence-electron chi connectivity index (χ4n) is 2.40. The number of sulfone groups is 1. The van der Waals surface area contributed by atoms with E-state index in [-0.39, 0.29) is 11.8 Å². The number of likely N-dealkylation sites (N-methyl/N-ethyl adjacent to an activating group) is 1. The minimum atomic E-state index is -3.05. The van der Waals surface area contributed by atoms with Crippen LogP contribution >= 0.6 is 0 Å². The van der Waals surface area contributed by atoms with E-state index in [1.807, 2.05) is 30.5 Å². The minimum absolute atomic E-state index is 0.0630. The third kappa shape index (κ3) is 7.63. The van der Waals surface area contributed by atoms with E-state index in [9.17, 15) is 8.42 Å². The van der Waals surface area contributed by atoms with Crippen molar-refractivity contribution in [3.63, 3.8) is 0 Å². The van der Waals surface area contributed by atoms with E-state index in [2.05, 4.69) is 23.7 Å². The van der Waals surface area contributed by atoms with Gasteiger partial charge in [0.25, 0.3) is 0 Å². The molecule has 0 aliphatic heterocycles. The Kier molecular flexibility index (Phi) is 8.30. The lowest BCUT2D eigenvalue weighted by Crippen LogP contribution is -2.41. The topological polar surface area (TPSA) is 58.6 Å². The molecule has 23 heavy (non-hydrogen) atoms. The Hall–Kier alpha value is -1.37. The van der Waals surface area contributed by atoms with Crippen LogP contribution in [0.15, 0.2) is 37.0 Å². The highest BCUT2D eigenvalue weighted by atomic mass is 32.2. The Labute approximate surface area is 140 Å². The predicted molar refractivity (Wildman–Crippen MR) is 94.9 cm³/mol. The van der Waals surface area contributed by atoms with Crippen LogP contribution in [0.3, 0.4) is 0 Å². The van der Waals surface area contributed by atoms with Crippen molar-refractivity contribution in [2.45, 2.75) is 25.3 Å². The molecule has 0 radical (unpaired) electrons. The molecule has 6 heteroatoms. The standard InChI is InChI=1S/C17H28N2O3S/c1-5-19(6-2)12-17(13-22-3)18-11-15-9-7-8-10-16(15)14-23(4,20)21/h5,7-10,17-18H,1,6,11-14H2,2-4H3/t17-/m1/s1. The summed E-state index contributed by atoms with van der Waals surface area (Å²) >= 11 is 0. The van der Waals surface area contributed by atoms with Gasteiger partial charge in [-0.25, -0.2) is 8.42 Å². The average molecular weight is 340 g/mol. The summed E-state index contributed by atoms with van der Waals surface area (Å²) in [7, 11) is -1.37. The van der Waals surface area contributed by atoms with Crippen LogP contribution in [-0.4, -0.2) is 52.4 Å². The number of benzene rings is 1. The van der Waals surface area contributed by atoms with Gasteiger partial charge >= 0.3 is 0 Å². The summed E-state index contributed by atoms with van der Waals surface area (Å²) in [4.78, 5) is 2.11. The van der Waals surface area contributed by atoms with Crippen LogP contribution < -0.4 is 5.32 Å². The van der Waals surface area contributed by atoms with Gasteiger partial charge in [0.1, 0.15) is 0 Å². The molecule has 1 aromatic carbocycles. The molecule has 1 N–H and O–H groups in total. The Morgan fingerprint density at radius 3 is 2.52 bits per heavy atom. The van der Waals surface area contributed by atoms with Crippen LogP contribution in [0.5, 0.6) is 0 Å². The van der Waals surface area contributed by atoms with Gasteiger partial charge in [-0.2, -0.15) is 0 Å². The molecular formula is C17H28N2O3S. The summed E-state index contributed by atoms with van der Waals surface area (Å²) in [5, 5.41) is 3.45. The van der Waals surface area contributed by atoms with Crippen LogP contribution in [0.25, 0.3) is 0 Å². The van der Waals surface area contributed by atoms with Crippen molar-refractivity contribution in [2.24, 2.45) is 0 Å². The second kappa shape index (κ2) is 9.70. The second-order valence-electron chi connectivity index (χ2n) is 5.64. The lowest BCUT2D eigenvalue weighted by atomic mass is 10.1. The number of methoxy groups -OCH3 is 1. The van der Waals surface area contributed by atoms with Gasteiger partial charge in [-0.3, -0.25) is 0 Å². The van der Waals surface area contributed by atoms with Gasteiger partial charge in [0.2, 0.25) is 0 Å². The monoisotopic (exact) mass is 340 g/mol. The van der Waals surface area contributed by atoms with Crippen LogP contribution in [0.1, 0.15) is 18.1 Å². The largest absolute Gasteiger partial charge is 0.383 e. The summed E-state index contributed by atoms with van der Waals surface area (Å²) < 4.78 is 28.4. The lowest BCUT2D eigenvalue weighted by Gasteiger charge is -2.26. The SMILES string of the molecule is C=CN(CC)C[C@H](COC)NCc1ccccc1CS(C)(=O)=O. The van der Waals surface area contributed by atoms with Gasteiger partial charge in [-0.05, 0) is 24.3 Å². The van der Waals surface area contributed by atoms with Crippen LogP contribution in [0.2, 0.25) is 0 Å². The quantitative estimate of drug-likeness (QED) is 0.666. The third-order valence-electron chi connectivity index (χ3n) is 3.60. The molecule has 0 saturated heterocycles. The van der Waals surface area contributed by atoms with E-state index in [1.54, 1.807) is 7.11 Å². The van der Waals surface area contributed by atoms with E-state index in [1.165, 1.54) is 6.26 Å². The van der Waals surface area contributed by atoms with Crippen LogP contribution in [-0.2, 0) is 26.9 Å². The molecule has 130 valence electrons. The molecule has 0 saturated carbocycles. The maximum absolute atomic E-state index is 11.6. The molecule has 1 atom stereocenters. The first-order valence-corrected chi connectivity index (χ1v) is 9.79. The molecule has 0 aromatic heterocycles. The van der Waals surface area contributed by atoms with Crippen molar-refractivity contribution >= 4 is 9.84 Å². The summed E-state index contributed by atoms with van der Waals surface area (Å²) in [5.41, 5.74) is 1.84. The number of ether oxygens (including phenoxy) is 1. The fourth-order valence-corrected chi connectivity index (χ4v) is 3.25. The zero-order chi connectivity index (χ0) is 17.3. The maximum Gasteiger partial charge on any atom is 0.151 e. The van der Waals surface area contributed by atoms with E-state index in [0.717, 1.165) is 24.2 Å². The van der Waals surface area contributed by atoms with Crippen LogP contribution in [0, 0.1) is 0 Å². The highest BCUT2D eigenvalue weighted by Gasteiger charge is 2.13. The fraction of sp³-hybridized carbons (Fsp3) is 0.529. The molecule has 0 spiro atoms. The van der Waals surface area contributed by atoms with Crippen molar-refractivity contribution < 1.29 is 13.2 Å². The van der Waals surface area contributed by atoms with Crippen molar-refractivity contribution in [2.75, 3.05) is 33.1 Å². The Morgan fingerprint density at radius 2 is 2.00 bits per heavy atom. The number of rotatable bonds is 11. The van der Waals surface area contributed by atoms with Gasteiger partial charge in [-0.15, -0.1) is 0 Å². The normalized spacial score (nSPS) is 12.8. The van der Waals surface area contributed by atoms with Crippen molar-refractivity contribution in [1.29, 1.82) is 0 Å². The number of nitrogens with zero attached hydrogens (tertiary/aromatic N) is 1. The molecule has 0 bridgehead atoms. The highest BCUT2D eigenvalue weighted by molar-refractivity contribution is 7.89. The molecule has 0 aliphatic rings. The number of nitrogens with one attached hydrogen (secondary N) is 1. The van der Waals surface area contributed by atoms with E-state index >= 15 is 0 Å². The van der Waals surface area contributed by atoms with Gasteiger partial charge < -0.3 is 15.0 Å². The Bertz CT molecular complexity index is 587. The molecule has 0 heterocycles. The zero-order valence-corrected chi connectivity index (χ0v) is 15.1. The third-order valence-corrected chi connectivity index (χ3v) is 4.44. The van der Waals surface area contributed by atoms with Crippen LogP contribution in [0.4, 0.5) is 0 Å². The van der Waals surface area contributed by atoms with Gasteiger partial charge in [-0.1, -0.05) is 30.8 Å². The van der Waals surface area contributed by atoms with Gasteiger partial charge in [0.15, 0.2) is 9.84 Å². The molecule has 0 unspecified atom stereocenters. The number of hydrogen-bond donors (Lipinski definition) is 1. The Morgan fingerprint density at radius 1 is 1.35 bits per heavy atom. The smallest absolute Gasteiger partial charge is 0.151 e. The predicted octanol–water partition coefficient (Wildman–Crippen LogP) is 1.80. The minimum Gasteiger partial charge on any atom is -0.383 e. The molecule has 5 nitrogen and oxygen atoms in total. The second-order valence-corrected chi connectivity index (χ2v) is 7.78. The van der Waals surface area contributed by atoms with Crippen molar-refractivity contribution in [3.8, 4) is 0 Å². The zero-order valence-electron chi connectivity index (χ0n) is 14.3. The summed E-state index contributed by atoms with van der Waals surface area (Å²) in [5.74, 6) is 0.0630. The molecule has 0 aliphatic carbocycles. The molecular weight excluding hydrogens is 312 g/mol. The van der Waals surface area contributed by atoms with E-state index in [4.69, 9.17) is 4.74 Å². The highest BCUT2D eigenvalue weighted by Crippen LogP contribution is 2.12. The number of hydrogen-bond acceptors (Lipinski definition) is 5. The maximum atomic E-state index is 11.6. The first-order valence-electron chi connectivity index (χ1n) is 7.73. The molecule has 0 amide bonds. The Balaban J connectivity index is 2.75. The van der Waals surface area contributed by atoms with Crippen molar-refractivity contribution in [1.82, 2.24) is 10.2 Å². The lowest BCUT2D eigenvalue weighted by molar-refractivity contribution is 0.150. The first-order chi connectivity index (χ1) is 10.9. The van der Waals surface area contributed by atoms with Crippen molar-refractivity contribution in [3.05, 3.63) is 48.2 Å². The average Bonchev–Trinajstić information content (AvgIpc) is 2.49. The molecule has 1 rings (SSSR count). The van der Waals surface area contributed by atoms with E-state index in [0.29, 0.717) is 13.2 Å².